The van der Waals surface area contributed by atoms with Crippen LogP contribution in [0.25, 0.3) is 0 Å². The Morgan fingerprint density at radius 2 is 1.96 bits per heavy atom. The zero-order valence-electron chi connectivity index (χ0n) is 13.9. The molecule has 1 saturated heterocycles. The normalized spacial score (nSPS) is 17.2. The number of rotatable bonds is 5. The lowest BCUT2D eigenvalue weighted by Gasteiger charge is -2.36. The highest BCUT2D eigenvalue weighted by atomic mass is 35.5. The van der Waals surface area contributed by atoms with Crippen LogP contribution in [-0.4, -0.2) is 38.3 Å². The first kappa shape index (κ1) is 20.2. The number of carbonyl (C=O) groups excluding carboxylic acids is 1. The van der Waals surface area contributed by atoms with E-state index in [-0.39, 0.29) is 23.7 Å². The van der Waals surface area contributed by atoms with E-state index in [0.717, 1.165) is 23.7 Å². The quantitative estimate of drug-likeness (QED) is 0.848. The van der Waals surface area contributed by atoms with Gasteiger partial charge in [0.25, 0.3) is 5.91 Å². The van der Waals surface area contributed by atoms with Crippen LogP contribution in [0.1, 0.15) is 32.3 Å². The van der Waals surface area contributed by atoms with Crippen molar-refractivity contribution >= 4 is 29.9 Å². The second kappa shape index (κ2) is 8.34. The molecular formula is C17H26Cl2N2O2. The summed E-state index contributed by atoms with van der Waals surface area (Å²) in [5.41, 5.74) is 0.0891. The van der Waals surface area contributed by atoms with Crippen LogP contribution in [-0.2, 0) is 14.9 Å². The second-order valence-electron chi connectivity index (χ2n) is 6.49. The smallest absolute Gasteiger partial charge is 0.252 e. The molecule has 0 aromatic heterocycles. The number of methoxy groups -OCH3 is 1. The van der Waals surface area contributed by atoms with E-state index in [2.05, 4.69) is 24.5 Å². The predicted octanol–water partition coefficient (Wildman–Crippen LogP) is 2.92. The van der Waals surface area contributed by atoms with Crippen LogP contribution in [0.4, 0.5) is 0 Å². The molecule has 4 nitrogen and oxygen atoms in total. The molecule has 0 saturated carbocycles. The number of carbonyl (C=O) groups is 1. The first-order valence-electron chi connectivity index (χ1n) is 7.70. The van der Waals surface area contributed by atoms with Crippen LogP contribution in [0.15, 0.2) is 24.3 Å². The van der Waals surface area contributed by atoms with Gasteiger partial charge in [-0.05, 0) is 37.6 Å². The van der Waals surface area contributed by atoms with Gasteiger partial charge in [0.2, 0.25) is 0 Å². The number of amides is 1. The Labute approximate surface area is 149 Å². The summed E-state index contributed by atoms with van der Waals surface area (Å²) in [6.07, 6.45) is 1.39. The third-order valence-corrected chi connectivity index (χ3v) is 4.84. The number of ether oxygens (including phenoxy) is 1. The maximum absolute atomic E-state index is 12.6. The van der Waals surface area contributed by atoms with Crippen LogP contribution in [0.5, 0.6) is 0 Å². The average Bonchev–Trinajstić information content (AvgIpc) is 2.53. The van der Waals surface area contributed by atoms with E-state index in [9.17, 15) is 4.79 Å². The summed E-state index contributed by atoms with van der Waals surface area (Å²) in [5.74, 6) is -0.0309. The van der Waals surface area contributed by atoms with Gasteiger partial charge in [0.1, 0.15) is 5.60 Å². The molecule has 6 heteroatoms. The minimum Gasteiger partial charge on any atom is -0.368 e. The number of piperidine rings is 1. The number of hydrogen-bond acceptors (Lipinski definition) is 3. The van der Waals surface area contributed by atoms with Crippen molar-refractivity contribution in [3.8, 4) is 0 Å². The van der Waals surface area contributed by atoms with Crippen molar-refractivity contribution in [2.75, 3.05) is 26.7 Å². The van der Waals surface area contributed by atoms with Crippen molar-refractivity contribution < 1.29 is 9.53 Å². The summed E-state index contributed by atoms with van der Waals surface area (Å²) in [6.45, 7) is 6.28. The molecule has 1 amide bonds. The highest BCUT2D eigenvalue weighted by Crippen LogP contribution is 2.29. The average molecular weight is 361 g/mol. The molecule has 1 aliphatic heterocycles. The number of nitrogens with one attached hydrogen (secondary N) is 2. The molecule has 1 aliphatic rings. The fraction of sp³-hybridized carbons (Fsp3) is 0.588. The summed E-state index contributed by atoms with van der Waals surface area (Å²) in [7, 11) is 1.62. The van der Waals surface area contributed by atoms with Gasteiger partial charge in [0.15, 0.2) is 0 Å². The molecule has 0 radical (unpaired) electrons. The molecule has 0 atom stereocenters. The summed E-state index contributed by atoms with van der Waals surface area (Å²) < 4.78 is 5.56. The Hall–Kier alpha value is -0.810. The van der Waals surface area contributed by atoms with E-state index in [1.165, 1.54) is 0 Å². The third kappa shape index (κ3) is 4.60. The minimum atomic E-state index is -0.707. The monoisotopic (exact) mass is 360 g/mol. The highest BCUT2D eigenvalue weighted by Gasteiger charge is 2.40. The predicted molar refractivity (Wildman–Crippen MR) is 96.6 cm³/mol. The SMILES string of the molecule is COC1(C(=O)NCC(C)(C)c2ccccc2Cl)CCNCC1.Cl. The zero-order chi connectivity index (χ0) is 16.2. The standard InChI is InChI=1S/C17H25ClN2O2.ClH/c1-16(2,13-6-4-5-7-14(13)18)12-20-15(21)17(22-3)8-10-19-11-9-17;/h4-7,19H,8-12H2,1-3H3,(H,20,21);1H. The Morgan fingerprint density at radius 3 is 2.52 bits per heavy atom. The van der Waals surface area contributed by atoms with E-state index < -0.39 is 5.60 Å². The summed E-state index contributed by atoms with van der Waals surface area (Å²) >= 11 is 6.28. The van der Waals surface area contributed by atoms with Crippen LogP contribution >= 0.6 is 24.0 Å². The topological polar surface area (TPSA) is 50.4 Å². The van der Waals surface area contributed by atoms with Gasteiger partial charge in [0, 0.05) is 24.1 Å². The molecule has 0 spiro atoms. The van der Waals surface area contributed by atoms with Crippen molar-refractivity contribution in [3.05, 3.63) is 34.9 Å². The molecule has 2 rings (SSSR count). The first-order chi connectivity index (χ1) is 10.4. The number of benzene rings is 1. The summed E-state index contributed by atoms with van der Waals surface area (Å²) in [4.78, 5) is 12.6. The lowest BCUT2D eigenvalue weighted by atomic mass is 9.84. The Bertz CT molecular complexity index is 529. The van der Waals surface area contributed by atoms with Crippen molar-refractivity contribution in [3.63, 3.8) is 0 Å². The summed E-state index contributed by atoms with van der Waals surface area (Å²) in [5, 5.41) is 7.04. The van der Waals surface area contributed by atoms with Gasteiger partial charge in [0.05, 0.1) is 0 Å². The Balaban J connectivity index is 0.00000264. The van der Waals surface area contributed by atoms with E-state index in [4.69, 9.17) is 16.3 Å². The van der Waals surface area contributed by atoms with Gasteiger partial charge >= 0.3 is 0 Å². The molecule has 23 heavy (non-hydrogen) atoms. The van der Waals surface area contributed by atoms with Crippen molar-refractivity contribution in [2.24, 2.45) is 0 Å². The van der Waals surface area contributed by atoms with Crippen LogP contribution in [0.3, 0.4) is 0 Å². The number of hydrogen-bond donors (Lipinski definition) is 2. The minimum absolute atomic E-state index is 0. The van der Waals surface area contributed by atoms with Gasteiger partial charge in [-0.15, -0.1) is 12.4 Å². The van der Waals surface area contributed by atoms with E-state index in [1.54, 1.807) is 7.11 Å². The third-order valence-electron chi connectivity index (χ3n) is 4.51. The van der Waals surface area contributed by atoms with E-state index in [1.807, 2.05) is 24.3 Å². The van der Waals surface area contributed by atoms with Gasteiger partial charge in [-0.1, -0.05) is 43.6 Å². The molecule has 0 bridgehead atoms. The lowest BCUT2D eigenvalue weighted by Crippen LogP contribution is -2.55. The molecule has 0 unspecified atom stereocenters. The summed E-state index contributed by atoms with van der Waals surface area (Å²) in [6, 6.07) is 7.76. The molecule has 1 heterocycles. The van der Waals surface area contributed by atoms with E-state index in [0.29, 0.717) is 19.4 Å². The molecule has 1 fully saturated rings. The molecule has 1 aromatic rings. The number of halogens is 2. The fourth-order valence-electron chi connectivity index (χ4n) is 2.92. The molecule has 1 aromatic carbocycles. The second-order valence-corrected chi connectivity index (χ2v) is 6.90. The van der Waals surface area contributed by atoms with Crippen molar-refractivity contribution in [1.29, 1.82) is 0 Å². The molecule has 130 valence electrons. The van der Waals surface area contributed by atoms with E-state index >= 15 is 0 Å². The lowest BCUT2D eigenvalue weighted by molar-refractivity contribution is -0.146. The van der Waals surface area contributed by atoms with Crippen molar-refractivity contribution in [2.45, 2.75) is 37.7 Å². The van der Waals surface area contributed by atoms with Crippen LogP contribution in [0, 0.1) is 0 Å². The fourth-order valence-corrected chi connectivity index (χ4v) is 3.31. The molecular weight excluding hydrogens is 335 g/mol. The van der Waals surface area contributed by atoms with Gasteiger partial charge < -0.3 is 15.4 Å². The van der Waals surface area contributed by atoms with Gasteiger partial charge in [-0.3, -0.25) is 4.79 Å². The maximum Gasteiger partial charge on any atom is 0.252 e. The van der Waals surface area contributed by atoms with Crippen LogP contribution in [0.2, 0.25) is 5.02 Å². The van der Waals surface area contributed by atoms with Gasteiger partial charge in [-0.2, -0.15) is 0 Å². The van der Waals surface area contributed by atoms with Gasteiger partial charge in [-0.25, -0.2) is 0 Å². The maximum atomic E-state index is 12.6. The molecule has 2 N–H and O–H groups in total. The Morgan fingerprint density at radius 1 is 1.35 bits per heavy atom. The highest BCUT2D eigenvalue weighted by molar-refractivity contribution is 6.31. The first-order valence-corrected chi connectivity index (χ1v) is 8.08. The van der Waals surface area contributed by atoms with Crippen LogP contribution < -0.4 is 10.6 Å². The zero-order valence-corrected chi connectivity index (χ0v) is 15.5. The molecule has 0 aliphatic carbocycles. The largest absolute Gasteiger partial charge is 0.368 e. The van der Waals surface area contributed by atoms with Crippen molar-refractivity contribution in [1.82, 2.24) is 10.6 Å². The Kier molecular flexibility index (Phi) is 7.33.